The fraction of sp³-hybridized carbons (Fsp3) is 0.308. The van der Waals surface area contributed by atoms with Crippen molar-refractivity contribution in [2.75, 3.05) is 0 Å². The molecule has 1 unspecified atom stereocenters. The van der Waals surface area contributed by atoms with E-state index in [4.69, 9.17) is 5.11 Å². The van der Waals surface area contributed by atoms with Gasteiger partial charge >= 0.3 is 11.7 Å². The van der Waals surface area contributed by atoms with E-state index in [0.29, 0.717) is 10.9 Å². The Morgan fingerprint density at radius 1 is 1.42 bits per heavy atom. The molecule has 100 valence electrons. The van der Waals surface area contributed by atoms with Crippen LogP contribution in [0.15, 0.2) is 27.8 Å². The number of carboxylic acids is 1. The van der Waals surface area contributed by atoms with Crippen molar-refractivity contribution >= 4 is 16.9 Å². The van der Waals surface area contributed by atoms with Crippen LogP contribution in [-0.2, 0) is 11.3 Å². The van der Waals surface area contributed by atoms with Crippen LogP contribution >= 0.6 is 0 Å². The van der Waals surface area contributed by atoms with Crippen molar-refractivity contribution in [1.29, 1.82) is 0 Å². The number of aliphatic carboxylic acids is 1. The van der Waals surface area contributed by atoms with Crippen LogP contribution in [0, 0.1) is 12.8 Å². The van der Waals surface area contributed by atoms with Gasteiger partial charge in [-0.25, -0.2) is 4.79 Å². The summed E-state index contributed by atoms with van der Waals surface area (Å²) in [5, 5.41) is 9.24. The lowest BCUT2D eigenvalue weighted by atomic mass is 10.1. The second-order valence-electron chi connectivity index (χ2n) is 4.63. The van der Waals surface area contributed by atoms with E-state index in [0.717, 1.165) is 10.1 Å². The third kappa shape index (κ3) is 2.42. The highest BCUT2D eigenvalue weighted by molar-refractivity contribution is 5.78. The number of nitrogens with zero attached hydrogens (tertiary/aromatic N) is 1. The first-order chi connectivity index (χ1) is 8.90. The minimum absolute atomic E-state index is 0.145. The van der Waals surface area contributed by atoms with Gasteiger partial charge in [-0.15, -0.1) is 0 Å². The average molecular weight is 262 g/mol. The number of carbonyl (C=O) groups is 1. The Morgan fingerprint density at radius 2 is 2.11 bits per heavy atom. The van der Waals surface area contributed by atoms with Crippen LogP contribution in [0.1, 0.15) is 12.5 Å². The monoisotopic (exact) mass is 262 g/mol. The number of aryl methyl sites for hydroxylation is 1. The van der Waals surface area contributed by atoms with Crippen LogP contribution in [0.5, 0.6) is 0 Å². The lowest BCUT2D eigenvalue weighted by molar-refractivity contribution is -0.141. The quantitative estimate of drug-likeness (QED) is 0.852. The lowest BCUT2D eigenvalue weighted by Gasteiger charge is -2.09. The van der Waals surface area contributed by atoms with E-state index in [1.54, 1.807) is 18.2 Å². The molecule has 0 aliphatic rings. The third-order valence-electron chi connectivity index (χ3n) is 3.02. The van der Waals surface area contributed by atoms with Gasteiger partial charge in [-0.1, -0.05) is 18.6 Å². The fourth-order valence-corrected chi connectivity index (χ4v) is 1.88. The Morgan fingerprint density at radius 3 is 2.74 bits per heavy atom. The molecule has 1 heterocycles. The number of aromatic nitrogens is 2. The first-order valence-electron chi connectivity index (χ1n) is 5.86. The molecule has 0 fully saturated rings. The molecule has 2 aromatic rings. The van der Waals surface area contributed by atoms with Crippen molar-refractivity contribution in [3.05, 3.63) is 44.6 Å². The summed E-state index contributed by atoms with van der Waals surface area (Å²) in [5.74, 6) is -1.85. The maximum absolute atomic E-state index is 12.2. The highest BCUT2D eigenvalue weighted by Crippen LogP contribution is 2.08. The molecule has 0 aliphatic heterocycles. The van der Waals surface area contributed by atoms with Crippen molar-refractivity contribution < 1.29 is 9.90 Å². The Bertz CT molecular complexity index is 757. The molecule has 2 N–H and O–H groups in total. The van der Waals surface area contributed by atoms with E-state index < -0.39 is 23.1 Å². The van der Waals surface area contributed by atoms with Gasteiger partial charge in [0.1, 0.15) is 0 Å². The smallest absolute Gasteiger partial charge is 0.328 e. The number of benzene rings is 1. The number of nitrogens with one attached hydrogen (secondary N) is 1. The van der Waals surface area contributed by atoms with Crippen molar-refractivity contribution in [3.63, 3.8) is 0 Å². The minimum Gasteiger partial charge on any atom is -0.481 e. The maximum atomic E-state index is 12.2. The molecule has 0 amide bonds. The Labute approximate surface area is 108 Å². The SMILES string of the molecule is Cc1ccc2[nH]c(=O)n(CC(C)C(=O)O)c(=O)c2c1. The van der Waals surface area contributed by atoms with Gasteiger partial charge in [-0.3, -0.25) is 14.2 Å². The largest absolute Gasteiger partial charge is 0.481 e. The van der Waals surface area contributed by atoms with Gasteiger partial charge in [0.25, 0.3) is 5.56 Å². The average Bonchev–Trinajstić information content (AvgIpc) is 2.35. The summed E-state index contributed by atoms with van der Waals surface area (Å²) in [6.45, 7) is 3.15. The summed E-state index contributed by atoms with van der Waals surface area (Å²) in [4.78, 5) is 37.4. The second-order valence-corrected chi connectivity index (χ2v) is 4.63. The summed E-state index contributed by atoms with van der Waals surface area (Å²) in [6, 6.07) is 5.13. The summed E-state index contributed by atoms with van der Waals surface area (Å²) >= 11 is 0. The van der Waals surface area contributed by atoms with Crippen LogP contribution in [0.4, 0.5) is 0 Å². The van der Waals surface area contributed by atoms with E-state index in [1.165, 1.54) is 6.92 Å². The van der Waals surface area contributed by atoms with Crippen LogP contribution in [0.3, 0.4) is 0 Å². The predicted molar refractivity (Wildman–Crippen MR) is 70.4 cm³/mol. The van der Waals surface area contributed by atoms with Crippen molar-refractivity contribution in [1.82, 2.24) is 9.55 Å². The summed E-state index contributed by atoms with van der Waals surface area (Å²) < 4.78 is 0.931. The molecular formula is C13H14N2O4. The van der Waals surface area contributed by atoms with Crippen LogP contribution in [0.25, 0.3) is 10.9 Å². The predicted octanol–water partition coefficient (Wildman–Crippen LogP) is 0.719. The summed E-state index contributed by atoms with van der Waals surface area (Å²) in [6.07, 6.45) is 0. The highest BCUT2D eigenvalue weighted by Gasteiger charge is 2.15. The van der Waals surface area contributed by atoms with Gasteiger partial charge in [0.15, 0.2) is 0 Å². The number of hydrogen-bond donors (Lipinski definition) is 2. The molecule has 1 atom stereocenters. The number of fused-ring (bicyclic) bond motifs is 1. The summed E-state index contributed by atoms with van der Waals surface area (Å²) in [7, 11) is 0. The van der Waals surface area contributed by atoms with Gasteiger partial charge in [-0.2, -0.15) is 0 Å². The molecule has 1 aromatic heterocycles. The minimum atomic E-state index is -1.05. The van der Waals surface area contributed by atoms with Crippen LogP contribution in [0.2, 0.25) is 0 Å². The number of H-pyrrole nitrogens is 1. The van der Waals surface area contributed by atoms with E-state index in [-0.39, 0.29) is 6.54 Å². The van der Waals surface area contributed by atoms with Crippen LogP contribution < -0.4 is 11.2 Å². The molecule has 0 saturated heterocycles. The Kier molecular flexibility index (Phi) is 3.25. The normalized spacial score (nSPS) is 12.5. The van der Waals surface area contributed by atoms with Gasteiger partial charge in [-0.05, 0) is 19.1 Å². The van der Waals surface area contributed by atoms with E-state index in [2.05, 4.69) is 4.98 Å². The number of hydrogen-bond acceptors (Lipinski definition) is 3. The highest BCUT2D eigenvalue weighted by atomic mass is 16.4. The van der Waals surface area contributed by atoms with Gasteiger partial charge < -0.3 is 10.1 Å². The zero-order chi connectivity index (χ0) is 14.2. The molecule has 0 bridgehead atoms. The lowest BCUT2D eigenvalue weighted by Crippen LogP contribution is -2.38. The van der Waals surface area contributed by atoms with Gasteiger partial charge in [0.2, 0.25) is 0 Å². The molecule has 0 radical (unpaired) electrons. The Hall–Kier alpha value is -2.37. The topological polar surface area (TPSA) is 92.2 Å². The van der Waals surface area contributed by atoms with Crippen molar-refractivity contribution in [3.8, 4) is 0 Å². The molecule has 2 rings (SSSR count). The standard InChI is InChI=1S/C13H14N2O4/c1-7-3-4-10-9(5-7)11(16)15(13(19)14-10)6-8(2)12(17)18/h3-5,8H,6H2,1-2H3,(H,14,19)(H,17,18). The zero-order valence-electron chi connectivity index (χ0n) is 10.6. The molecule has 1 aromatic carbocycles. The Balaban J connectivity index is 2.65. The molecular weight excluding hydrogens is 248 g/mol. The van der Waals surface area contributed by atoms with Crippen molar-refractivity contribution in [2.45, 2.75) is 20.4 Å². The molecule has 0 aliphatic carbocycles. The second kappa shape index (κ2) is 4.72. The first kappa shape index (κ1) is 13.1. The molecule has 0 saturated carbocycles. The van der Waals surface area contributed by atoms with Gasteiger partial charge in [0, 0.05) is 6.54 Å². The zero-order valence-corrected chi connectivity index (χ0v) is 10.6. The maximum Gasteiger partial charge on any atom is 0.328 e. The van der Waals surface area contributed by atoms with E-state index in [9.17, 15) is 14.4 Å². The first-order valence-corrected chi connectivity index (χ1v) is 5.86. The van der Waals surface area contributed by atoms with Crippen LogP contribution in [-0.4, -0.2) is 20.6 Å². The van der Waals surface area contributed by atoms with Crippen molar-refractivity contribution in [2.24, 2.45) is 5.92 Å². The third-order valence-corrected chi connectivity index (χ3v) is 3.02. The van der Waals surface area contributed by atoms with E-state index in [1.807, 2.05) is 6.92 Å². The molecule has 19 heavy (non-hydrogen) atoms. The molecule has 6 heteroatoms. The van der Waals surface area contributed by atoms with E-state index >= 15 is 0 Å². The number of aromatic amines is 1. The molecule has 0 spiro atoms. The molecule has 6 nitrogen and oxygen atoms in total. The fourth-order valence-electron chi connectivity index (χ4n) is 1.88. The summed E-state index contributed by atoms with van der Waals surface area (Å²) in [5.41, 5.74) is 0.305. The van der Waals surface area contributed by atoms with Gasteiger partial charge in [0.05, 0.1) is 16.8 Å². The number of rotatable bonds is 3. The number of carboxylic acid groups (broad SMARTS) is 1.